The Balaban J connectivity index is 3.07. The molecule has 0 saturated carbocycles. The predicted molar refractivity (Wildman–Crippen MR) is 42.5 cm³/mol. The molecule has 0 heterocycles. The van der Waals surface area contributed by atoms with Crippen molar-refractivity contribution in [1.82, 2.24) is 0 Å². The maximum atomic E-state index is 3.43. The number of rotatable bonds is 4. The highest BCUT2D eigenvalue weighted by molar-refractivity contribution is 9.09. The third kappa shape index (κ3) is 3.48. The second-order valence-corrected chi connectivity index (χ2v) is 2.95. The Kier molecular flexibility index (Phi) is 5.95. The van der Waals surface area contributed by atoms with Crippen molar-refractivity contribution in [2.24, 2.45) is 5.92 Å². The largest absolute Gasteiger partial charge is 0.0928 e. The smallest absolute Gasteiger partial charge is 0.00339 e. The second kappa shape index (κ2) is 5.61. The molecule has 0 bridgehead atoms. The van der Waals surface area contributed by atoms with Gasteiger partial charge in [0.15, 0.2) is 0 Å². The molecule has 0 aliphatic rings. The number of halogens is 1. The summed E-state index contributed by atoms with van der Waals surface area (Å²) in [6, 6.07) is 0. The fourth-order valence-corrected chi connectivity index (χ4v) is 1.50. The van der Waals surface area contributed by atoms with Crippen molar-refractivity contribution < 1.29 is 0 Å². The van der Waals surface area contributed by atoms with E-state index in [1.54, 1.807) is 0 Å². The normalized spacial score (nSPS) is 10.5. The van der Waals surface area contributed by atoms with E-state index in [0.717, 1.165) is 5.92 Å². The van der Waals surface area contributed by atoms with Crippen molar-refractivity contribution in [3.05, 3.63) is 0 Å². The van der Waals surface area contributed by atoms with Crippen molar-refractivity contribution >= 4 is 15.9 Å². The molecule has 0 amide bonds. The Morgan fingerprint density at radius 1 is 1.25 bits per heavy atom. The van der Waals surface area contributed by atoms with Crippen molar-refractivity contribution in [3.8, 4) is 0 Å². The van der Waals surface area contributed by atoms with Crippen molar-refractivity contribution in [3.63, 3.8) is 0 Å². The van der Waals surface area contributed by atoms with Crippen molar-refractivity contribution in [2.75, 3.05) is 5.33 Å². The minimum absolute atomic E-state index is 0.953. The summed E-state index contributed by atoms with van der Waals surface area (Å²) >= 11 is 3.43. The lowest BCUT2D eigenvalue weighted by Gasteiger charge is -2.07. The Hall–Kier alpha value is 0.480. The van der Waals surface area contributed by atoms with E-state index in [1.807, 2.05) is 0 Å². The average molecular weight is 179 g/mol. The molecule has 0 fully saturated rings. The van der Waals surface area contributed by atoms with Gasteiger partial charge in [0.05, 0.1) is 0 Å². The van der Waals surface area contributed by atoms with Gasteiger partial charge in [-0.2, -0.15) is 0 Å². The summed E-state index contributed by atoms with van der Waals surface area (Å²) in [5.74, 6) is 0.953. The molecule has 0 aromatic carbocycles. The molecular weight excluding hydrogens is 164 g/mol. The average Bonchev–Trinajstić information content (AvgIpc) is 1.83. The van der Waals surface area contributed by atoms with Crippen LogP contribution in [0.4, 0.5) is 0 Å². The van der Waals surface area contributed by atoms with Crippen LogP contribution >= 0.6 is 15.9 Å². The van der Waals surface area contributed by atoms with Gasteiger partial charge in [-0.05, 0) is 12.3 Å². The molecule has 50 valence electrons. The highest BCUT2D eigenvalue weighted by Gasteiger charge is 1.99. The van der Waals surface area contributed by atoms with Gasteiger partial charge in [-0.1, -0.05) is 42.6 Å². The molecule has 1 heteroatoms. The first-order valence-corrected chi connectivity index (χ1v) is 4.53. The Morgan fingerprint density at radius 3 is 1.88 bits per heavy atom. The first kappa shape index (κ1) is 8.48. The van der Waals surface area contributed by atoms with Gasteiger partial charge in [0.2, 0.25) is 0 Å². The Morgan fingerprint density at radius 2 is 1.75 bits per heavy atom. The lowest BCUT2D eigenvalue weighted by Crippen LogP contribution is -1.95. The van der Waals surface area contributed by atoms with Crippen LogP contribution in [0.15, 0.2) is 0 Å². The lowest BCUT2D eigenvalue weighted by molar-refractivity contribution is 0.482. The van der Waals surface area contributed by atoms with E-state index in [9.17, 15) is 0 Å². The summed E-state index contributed by atoms with van der Waals surface area (Å²) in [6.07, 6.45) is 4.01. The van der Waals surface area contributed by atoms with Gasteiger partial charge < -0.3 is 0 Å². The quantitative estimate of drug-likeness (QED) is 0.581. The molecular formula is C7H15Br. The molecule has 0 N–H and O–H groups in total. The number of hydrogen-bond acceptors (Lipinski definition) is 0. The zero-order chi connectivity index (χ0) is 6.41. The minimum atomic E-state index is 0.953. The maximum absolute atomic E-state index is 3.43. The fourth-order valence-electron chi connectivity index (χ4n) is 0.851. The van der Waals surface area contributed by atoms with Crippen molar-refractivity contribution in [1.29, 1.82) is 0 Å². The zero-order valence-electron chi connectivity index (χ0n) is 5.78. The monoisotopic (exact) mass is 178 g/mol. The van der Waals surface area contributed by atoms with Gasteiger partial charge in [-0.25, -0.2) is 0 Å². The topological polar surface area (TPSA) is 0 Å². The minimum Gasteiger partial charge on any atom is -0.0928 e. The van der Waals surface area contributed by atoms with E-state index in [2.05, 4.69) is 29.8 Å². The third-order valence-electron chi connectivity index (χ3n) is 1.67. The molecule has 0 aliphatic carbocycles. The van der Waals surface area contributed by atoms with E-state index >= 15 is 0 Å². The first-order valence-electron chi connectivity index (χ1n) is 3.41. The fraction of sp³-hybridized carbons (Fsp3) is 1.00. The van der Waals surface area contributed by atoms with Crippen LogP contribution in [-0.4, -0.2) is 5.33 Å². The second-order valence-electron chi connectivity index (χ2n) is 2.16. The Bertz CT molecular complexity index is 39.7. The number of hydrogen-bond donors (Lipinski definition) is 0. The van der Waals surface area contributed by atoms with Crippen molar-refractivity contribution in [2.45, 2.75) is 33.1 Å². The van der Waals surface area contributed by atoms with Crippen LogP contribution < -0.4 is 0 Å². The van der Waals surface area contributed by atoms with Gasteiger partial charge in [-0.15, -0.1) is 0 Å². The molecule has 0 aliphatic heterocycles. The Labute approximate surface area is 60.8 Å². The molecule has 0 unspecified atom stereocenters. The van der Waals surface area contributed by atoms with E-state index in [-0.39, 0.29) is 0 Å². The molecule has 8 heavy (non-hydrogen) atoms. The molecule has 0 rings (SSSR count). The molecule has 0 spiro atoms. The van der Waals surface area contributed by atoms with E-state index in [0.29, 0.717) is 0 Å². The highest BCUT2D eigenvalue weighted by Crippen LogP contribution is 2.12. The predicted octanol–water partition coefficient (Wildman–Crippen LogP) is 3.21. The molecule has 0 aromatic heterocycles. The van der Waals surface area contributed by atoms with Crippen LogP contribution in [0.25, 0.3) is 0 Å². The van der Waals surface area contributed by atoms with Crippen LogP contribution in [0.1, 0.15) is 33.1 Å². The van der Waals surface area contributed by atoms with Crippen LogP contribution in [0.3, 0.4) is 0 Å². The zero-order valence-corrected chi connectivity index (χ0v) is 7.37. The van der Waals surface area contributed by atoms with Crippen LogP contribution in [0.5, 0.6) is 0 Å². The van der Waals surface area contributed by atoms with Gasteiger partial charge in [0.1, 0.15) is 0 Å². The van der Waals surface area contributed by atoms with Crippen LogP contribution in [0, 0.1) is 5.92 Å². The highest BCUT2D eigenvalue weighted by atomic mass is 79.9. The van der Waals surface area contributed by atoms with Crippen LogP contribution in [-0.2, 0) is 0 Å². The first-order chi connectivity index (χ1) is 3.85. The summed E-state index contributed by atoms with van der Waals surface area (Å²) in [7, 11) is 0. The van der Waals surface area contributed by atoms with Gasteiger partial charge in [0.25, 0.3) is 0 Å². The van der Waals surface area contributed by atoms with Crippen LogP contribution in [0.2, 0.25) is 0 Å². The SMILES string of the molecule is CCC(CC)CCBr. The van der Waals surface area contributed by atoms with E-state index in [4.69, 9.17) is 0 Å². The molecule has 0 aromatic rings. The summed E-state index contributed by atoms with van der Waals surface area (Å²) in [5, 5.41) is 1.17. The standard InChI is InChI=1S/C7H15Br/c1-3-7(4-2)5-6-8/h7H,3-6H2,1-2H3. The summed E-state index contributed by atoms with van der Waals surface area (Å²) in [4.78, 5) is 0. The number of alkyl halides is 1. The van der Waals surface area contributed by atoms with Gasteiger partial charge in [0, 0.05) is 5.33 Å². The summed E-state index contributed by atoms with van der Waals surface area (Å²) < 4.78 is 0. The van der Waals surface area contributed by atoms with E-state index in [1.165, 1.54) is 24.6 Å². The van der Waals surface area contributed by atoms with Gasteiger partial charge in [-0.3, -0.25) is 0 Å². The summed E-state index contributed by atoms with van der Waals surface area (Å²) in [6.45, 7) is 4.52. The molecule has 0 nitrogen and oxygen atoms in total. The molecule has 0 atom stereocenters. The third-order valence-corrected chi connectivity index (χ3v) is 2.13. The molecule has 0 radical (unpaired) electrons. The van der Waals surface area contributed by atoms with Gasteiger partial charge >= 0.3 is 0 Å². The lowest BCUT2D eigenvalue weighted by atomic mass is 10.0. The molecule has 0 saturated heterocycles. The summed E-state index contributed by atoms with van der Waals surface area (Å²) in [5.41, 5.74) is 0. The maximum Gasteiger partial charge on any atom is 0.00339 e. The van der Waals surface area contributed by atoms with E-state index < -0.39 is 0 Å².